The van der Waals surface area contributed by atoms with Crippen LogP contribution in [0.4, 0.5) is 5.69 Å². The maximum atomic E-state index is 12.0. The Bertz CT molecular complexity index is 599. The Morgan fingerprint density at radius 1 is 0.947 bits per heavy atom. The van der Waals surface area contributed by atoms with Gasteiger partial charge in [-0.3, -0.25) is 0 Å². The first kappa shape index (κ1) is 13.6. The molecule has 0 aliphatic rings. The predicted octanol–water partition coefficient (Wildman–Crippen LogP) is 4.45. The van der Waals surface area contributed by atoms with Crippen molar-refractivity contribution in [1.82, 2.24) is 0 Å². The minimum absolute atomic E-state index is 0.752. The highest BCUT2D eigenvalue weighted by Gasteiger charge is 2.08. The summed E-state index contributed by atoms with van der Waals surface area (Å²) in [6.45, 7) is 0. The first-order valence-electron chi connectivity index (χ1n) is 6.03. The maximum Gasteiger partial charge on any atom is 0.107 e. The van der Waals surface area contributed by atoms with Crippen LogP contribution in [-0.4, -0.2) is 12.5 Å². The topological polar surface area (TPSA) is 31.2 Å². The van der Waals surface area contributed by atoms with Crippen LogP contribution in [0.2, 0.25) is 0 Å². The number of hydrogen-bond donors (Lipinski definition) is 0. The molecule has 0 heterocycles. The predicted molar refractivity (Wildman–Crippen MR) is 83.8 cm³/mol. The number of nitrogens with zero attached hydrogens (tertiary/aromatic N) is 1. The Labute approximate surface area is 115 Å². The standard InChI is InChI=1S/C16H17NOS/c1-19(2,18)13-16(14-9-5-3-6-10-14)17-15-11-7-4-8-12-15/h3-13H,1-2H3/b16-13-. The van der Waals surface area contributed by atoms with Gasteiger partial charge in [0.15, 0.2) is 0 Å². The van der Waals surface area contributed by atoms with Gasteiger partial charge in [-0.25, -0.2) is 0 Å². The zero-order chi connectivity index (χ0) is 13.7. The molecule has 2 aromatic rings. The van der Waals surface area contributed by atoms with E-state index in [2.05, 4.69) is 5.32 Å². The molecule has 0 N–H and O–H groups in total. The highest BCUT2D eigenvalue weighted by molar-refractivity contribution is 8.04. The Morgan fingerprint density at radius 3 is 2.00 bits per heavy atom. The molecule has 2 rings (SSSR count). The zero-order valence-electron chi connectivity index (χ0n) is 11.1. The second kappa shape index (κ2) is 5.85. The third-order valence-corrected chi connectivity index (χ3v) is 3.26. The van der Waals surface area contributed by atoms with Crippen LogP contribution in [0.5, 0.6) is 0 Å². The van der Waals surface area contributed by atoms with E-state index in [1.54, 1.807) is 17.9 Å². The summed E-state index contributed by atoms with van der Waals surface area (Å²) in [6.07, 6.45) is 3.44. The summed E-state index contributed by atoms with van der Waals surface area (Å²) in [6, 6.07) is 19.5. The number of hydrogen-bond acceptors (Lipinski definition) is 1. The lowest BCUT2D eigenvalue weighted by molar-refractivity contribution is 0.596. The third-order valence-electron chi connectivity index (χ3n) is 2.47. The van der Waals surface area contributed by atoms with E-state index in [1.165, 1.54) is 0 Å². The van der Waals surface area contributed by atoms with Gasteiger partial charge in [-0.1, -0.05) is 66.4 Å². The monoisotopic (exact) mass is 271 g/mol. The Hall–Kier alpha value is -1.87. The minimum Gasteiger partial charge on any atom is -0.654 e. The average Bonchev–Trinajstić information content (AvgIpc) is 2.39. The lowest BCUT2D eigenvalue weighted by atomic mass is 10.1. The highest BCUT2D eigenvalue weighted by atomic mass is 32.2. The first-order chi connectivity index (χ1) is 9.04. The lowest BCUT2D eigenvalue weighted by Crippen LogP contribution is -2.00. The SMILES string of the molecule is C[S+](C)(=O)/C=C(\[N-]c1ccccc1)c1ccccc1. The lowest BCUT2D eigenvalue weighted by Gasteiger charge is -2.25. The summed E-state index contributed by atoms with van der Waals surface area (Å²) < 4.78 is 12.0. The van der Waals surface area contributed by atoms with Crippen molar-refractivity contribution in [1.29, 1.82) is 0 Å². The second-order valence-corrected chi connectivity index (χ2v) is 7.48. The highest BCUT2D eigenvalue weighted by Crippen LogP contribution is 2.31. The molecular formula is C16H17NOS. The fourth-order valence-electron chi connectivity index (χ4n) is 1.68. The summed E-state index contributed by atoms with van der Waals surface area (Å²) in [5, 5.41) is 6.34. The van der Waals surface area contributed by atoms with Crippen molar-refractivity contribution in [2.45, 2.75) is 0 Å². The van der Waals surface area contributed by atoms with Gasteiger partial charge in [0.1, 0.15) is 27.9 Å². The van der Waals surface area contributed by atoms with Gasteiger partial charge >= 0.3 is 0 Å². The average molecular weight is 271 g/mol. The molecule has 0 bridgehead atoms. The van der Waals surface area contributed by atoms with Crippen molar-refractivity contribution in [2.75, 3.05) is 12.5 Å². The number of para-hydroxylation sites is 1. The molecule has 0 spiro atoms. The van der Waals surface area contributed by atoms with E-state index in [4.69, 9.17) is 0 Å². The molecule has 0 saturated carbocycles. The number of benzene rings is 2. The van der Waals surface area contributed by atoms with E-state index in [0.717, 1.165) is 16.9 Å². The molecule has 0 aliphatic carbocycles. The molecule has 3 heteroatoms. The summed E-state index contributed by atoms with van der Waals surface area (Å²) in [5.74, 6) is 0. The maximum absolute atomic E-state index is 12.0. The van der Waals surface area contributed by atoms with E-state index in [1.807, 2.05) is 60.7 Å². The van der Waals surface area contributed by atoms with Crippen LogP contribution in [0.15, 0.2) is 66.1 Å². The van der Waals surface area contributed by atoms with Gasteiger partial charge in [0, 0.05) is 0 Å². The van der Waals surface area contributed by atoms with Crippen molar-refractivity contribution < 1.29 is 4.21 Å². The molecule has 0 aromatic heterocycles. The molecule has 2 aromatic carbocycles. The van der Waals surface area contributed by atoms with Crippen LogP contribution in [0.25, 0.3) is 11.0 Å². The normalized spacial score (nSPS) is 12.2. The smallest absolute Gasteiger partial charge is 0.107 e. The quantitative estimate of drug-likeness (QED) is 0.756. The van der Waals surface area contributed by atoms with Gasteiger partial charge in [-0.2, -0.15) is 0 Å². The van der Waals surface area contributed by atoms with Crippen LogP contribution in [0.3, 0.4) is 0 Å². The van der Waals surface area contributed by atoms with Crippen LogP contribution >= 0.6 is 0 Å². The van der Waals surface area contributed by atoms with Gasteiger partial charge in [-0.05, 0) is 5.56 Å². The van der Waals surface area contributed by atoms with Crippen molar-refractivity contribution in [3.63, 3.8) is 0 Å². The van der Waals surface area contributed by atoms with Gasteiger partial charge in [0.05, 0.1) is 0 Å². The fraction of sp³-hybridized carbons (Fsp3) is 0.125. The minimum atomic E-state index is -2.00. The van der Waals surface area contributed by atoms with Crippen LogP contribution in [0, 0.1) is 0 Å². The van der Waals surface area contributed by atoms with Crippen molar-refractivity contribution in [2.24, 2.45) is 0 Å². The van der Waals surface area contributed by atoms with Gasteiger partial charge in [0.2, 0.25) is 0 Å². The fourth-order valence-corrected chi connectivity index (χ4v) is 2.40. The van der Waals surface area contributed by atoms with E-state index < -0.39 is 9.93 Å². The molecule has 0 radical (unpaired) electrons. The molecule has 0 aliphatic heterocycles. The van der Waals surface area contributed by atoms with Crippen LogP contribution in [-0.2, 0) is 14.1 Å². The van der Waals surface area contributed by atoms with E-state index >= 15 is 0 Å². The molecule has 98 valence electrons. The first-order valence-corrected chi connectivity index (χ1v) is 8.46. The van der Waals surface area contributed by atoms with Crippen molar-refractivity contribution in [3.8, 4) is 0 Å². The Balaban J connectivity index is 2.37. The molecular weight excluding hydrogens is 254 g/mol. The van der Waals surface area contributed by atoms with E-state index in [9.17, 15) is 4.21 Å². The van der Waals surface area contributed by atoms with Gasteiger partial charge in [-0.15, -0.1) is 9.90 Å². The molecule has 19 heavy (non-hydrogen) atoms. The molecule has 0 amide bonds. The van der Waals surface area contributed by atoms with Crippen LogP contribution < -0.4 is 0 Å². The summed E-state index contributed by atoms with van der Waals surface area (Å²) in [5.41, 5.74) is 2.59. The van der Waals surface area contributed by atoms with Gasteiger partial charge in [0.25, 0.3) is 0 Å². The Morgan fingerprint density at radius 2 is 1.47 bits per heavy atom. The second-order valence-electron chi connectivity index (χ2n) is 4.63. The molecule has 0 atom stereocenters. The Kier molecular flexibility index (Phi) is 4.17. The van der Waals surface area contributed by atoms with Crippen molar-refractivity contribution in [3.05, 3.63) is 77.0 Å². The summed E-state index contributed by atoms with van der Waals surface area (Å²) >= 11 is 0. The van der Waals surface area contributed by atoms with Crippen molar-refractivity contribution >= 4 is 21.3 Å². The van der Waals surface area contributed by atoms with E-state index in [0.29, 0.717) is 0 Å². The van der Waals surface area contributed by atoms with Gasteiger partial charge < -0.3 is 5.32 Å². The summed E-state index contributed by atoms with van der Waals surface area (Å²) in [4.78, 5) is 0. The largest absolute Gasteiger partial charge is 0.654 e. The van der Waals surface area contributed by atoms with E-state index in [-0.39, 0.29) is 0 Å². The molecule has 0 saturated heterocycles. The zero-order valence-corrected chi connectivity index (χ0v) is 11.9. The summed E-state index contributed by atoms with van der Waals surface area (Å²) in [7, 11) is -2.00. The molecule has 0 unspecified atom stereocenters. The molecule has 0 fully saturated rings. The number of rotatable bonds is 4. The third kappa shape index (κ3) is 4.38. The van der Waals surface area contributed by atoms with Crippen LogP contribution in [0.1, 0.15) is 5.56 Å². The molecule has 2 nitrogen and oxygen atoms in total.